The van der Waals surface area contributed by atoms with Crippen molar-refractivity contribution in [3.05, 3.63) is 33.9 Å². The van der Waals surface area contributed by atoms with Crippen LogP contribution in [0.3, 0.4) is 0 Å². The van der Waals surface area contributed by atoms with Gasteiger partial charge in [0, 0.05) is 0 Å². The van der Waals surface area contributed by atoms with Gasteiger partial charge in [-0.3, -0.25) is 10.1 Å². The zero-order valence-electron chi connectivity index (χ0n) is 7.04. The lowest BCUT2D eigenvalue weighted by atomic mass is 10.2. The van der Waals surface area contributed by atoms with Crippen molar-refractivity contribution in [2.24, 2.45) is 0 Å². The molecule has 0 saturated carbocycles. The fraction of sp³-hybridized carbons (Fsp3) is 0.250. The van der Waals surface area contributed by atoms with Crippen LogP contribution in [0.2, 0.25) is 0 Å². The Bertz CT molecular complexity index is 378. The summed E-state index contributed by atoms with van der Waals surface area (Å²) in [4.78, 5) is 9.50. The highest BCUT2D eigenvalue weighted by Gasteiger charge is 2.22. The van der Waals surface area contributed by atoms with Crippen molar-refractivity contribution in [3.63, 3.8) is 0 Å². The normalized spacial score (nSPS) is 15.2. The first-order chi connectivity index (χ1) is 6.68. The number of nitrogens with zero attached hydrogens (tertiary/aromatic N) is 1. The van der Waals surface area contributed by atoms with E-state index >= 15 is 0 Å². The third-order valence-corrected chi connectivity index (χ3v) is 1.89. The van der Waals surface area contributed by atoms with E-state index in [-0.39, 0.29) is 12.4 Å². The fourth-order valence-corrected chi connectivity index (χ4v) is 1.20. The Hall–Kier alpha value is -1.82. The Labute approximate surface area is 78.8 Å². The van der Waals surface area contributed by atoms with Gasteiger partial charge < -0.3 is 14.6 Å². The number of aliphatic hydroxyl groups is 1. The molecule has 1 aromatic rings. The van der Waals surface area contributed by atoms with Crippen molar-refractivity contribution >= 4 is 0 Å². The number of fused-ring (bicyclic) bond motifs is 1. The molecule has 0 spiro atoms. The van der Waals surface area contributed by atoms with Crippen LogP contribution in [0.5, 0.6) is 11.5 Å². The zero-order valence-corrected chi connectivity index (χ0v) is 7.04. The lowest BCUT2D eigenvalue weighted by Crippen LogP contribution is -2.08. The number of hydrogen-bond acceptors (Lipinski definition) is 5. The first-order valence-corrected chi connectivity index (χ1v) is 3.89. The number of nitro groups is 1. The summed E-state index contributed by atoms with van der Waals surface area (Å²) in [6.07, 6.45) is -1.72. The molecule has 0 aliphatic carbocycles. The summed E-state index contributed by atoms with van der Waals surface area (Å²) in [5, 5.41) is 19.4. The summed E-state index contributed by atoms with van der Waals surface area (Å²) in [6, 6.07) is 4.36. The van der Waals surface area contributed by atoms with E-state index in [1.54, 1.807) is 0 Å². The predicted octanol–water partition coefficient (Wildman–Crippen LogP) is 0.683. The van der Waals surface area contributed by atoms with Crippen LogP contribution in [0.4, 0.5) is 0 Å². The van der Waals surface area contributed by atoms with Gasteiger partial charge in [-0.05, 0) is 18.2 Å². The molecule has 0 radical (unpaired) electrons. The van der Waals surface area contributed by atoms with Crippen LogP contribution in [0, 0.1) is 10.1 Å². The van der Waals surface area contributed by atoms with Crippen LogP contribution in [0.25, 0.3) is 0 Å². The molecule has 0 fully saturated rings. The van der Waals surface area contributed by atoms with Crippen LogP contribution in [0.1, 0.15) is 11.8 Å². The SMILES string of the molecule is O=[N+]([O-])C(O)c1ccc2c(c1)OCO2. The second-order valence-electron chi connectivity index (χ2n) is 2.77. The van der Waals surface area contributed by atoms with E-state index in [0.717, 1.165) is 0 Å². The Morgan fingerprint density at radius 3 is 2.86 bits per heavy atom. The maximum atomic E-state index is 10.3. The Morgan fingerprint density at radius 2 is 2.14 bits per heavy atom. The summed E-state index contributed by atoms with van der Waals surface area (Å²) < 4.78 is 10.0. The molecule has 74 valence electrons. The average Bonchev–Trinajstić information content (AvgIpc) is 2.62. The van der Waals surface area contributed by atoms with Crippen molar-refractivity contribution in [3.8, 4) is 11.5 Å². The van der Waals surface area contributed by atoms with E-state index in [1.807, 2.05) is 0 Å². The van der Waals surface area contributed by atoms with Crippen molar-refractivity contribution in [1.29, 1.82) is 0 Å². The molecule has 1 N–H and O–H groups in total. The van der Waals surface area contributed by atoms with Gasteiger partial charge in [-0.15, -0.1) is 0 Å². The second kappa shape index (κ2) is 3.15. The summed E-state index contributed by atoms with van der Waals surface area (Å²) in [7, 11) is 0. The molecule has 14 heavy (non-hydrogen) atoms. The number of hydrogen-bond donors (Lipinski definition) is 1. The van der Waals surface area contributed by atoms with Gasteiger partial charge in [0.05, 0.1) is 10.5 Å². The molecule has 6 heteroatoms. The summed E-state index contributed by atoms with van der Waals surface area (Å²) in [5.74, 6) is 0.952. The number of ether oxygens (including phenoxy) is 2. The van der Waals surface area contributed by atoms with Gasteiger partial charge in [-0.1, -0.05) is 0 Å². The minimum Gasteiger partial charge on any atom is -0.454 e. The van der Waals surface area contributed by atoms with Gasteiger partial charge in [0.15, 0.2) is 11.5 Å². The lowest BCUT2D eigenvalue weighted by Gasteiger charge is -2.03. The maximum Gasteiger partial charge on any atom is 0.339 e. The number of benzene rings is 1. The van der Waals surface area contributed by atoms with Gasteiger partial charge >= 0.3 is 6.23 Å². The predicted molar refractivity (Wildman–Crippen MR) is 44.5 cm³/mol. The molecule has 1 aliphatic rings. The average molecular weight is 197 g/mol. The molecule has 1 aromatic carbocycles. The van der Waals surface area contributed by atoms with Gasteiger partial charge in [0.1, 0.15) is 0 Å². The largest absolute Gasteiger partial charge is 0.454 e. The van der Waals surface area contributed by atoms with Crippen LogP contribution in [-0.4, -0.2) is 16.8 Å². The van der Waals surface area contributed by atoms with E-state index in [2.05, 4.69) is 0 Å². The molecule has 6 nitrogen and oxygen atoms in total. The molecule has 1 atom stereocenters. The molecular formula is C8H7NO5. The molecule has 1 heterocycles. The van der Waals surface area contributed by atoms with Crippen LogP contribution < -0.4 is 9.47 Å². The molecule has 2 rings (SSSR count). The van der Waals surface area contributed by atoms with Gasteiger partial charge in [0.25, 0.3) is 0 Å². The van der Waals surface area contributed by atoms with E-state index in [1.165, 1.54) is 18.2 Å². The highest BCUT2D eigenvalue weighted by Crippen LogP contribution is 2.34. The fourth-order valence-electron chi connectivity index (χ4n) is 1.20. The van der Waals surface area contributed by atoms with Gasteiger partial charge in [-0.2, -0.15) is 0 Å². The molecule has 0 aromatic heterocycles. The highest BCUT2D eigenvalue weighted by atomic mass is 16.7. The molecule has 0 bridgehead atoms. The zero-order chi connectivity index (χ0) is 10.1. The van der Waals surface area contributed by atoms with Gasteiger partial charge in [-0.25, -0.2) is 0 Å². The van der Waals surface area contributed by atoms with E-state index in [0.29, 0.717) is 11.5 Å². The molecule has 0 saturated heterocycles. The number of rotatable bonds is 2. The first kappa shape index (κ1) is 8.76. The minimum absolute atomic E-state index is 0.105. The van der Waals surface area contributed by atoms with Crippen LogP contribution in [-0.2, 0) is 0 Å². The summed E-state index contributed by atoms with van der Waals surface area (Å²) >= 11 is 0. The Kier molecular flexibility index (Phi) is 1.97. The van der Waals surface area contributed by atoms with Crippen molar-refractivity contribution in [1.82, 2.24) is 0 Å². The number of aliphatic hydroxyl groups excluding tert-OH is 1. The third-order valence-electron chi connectivity index (χ3n) is 1.89. The van der Waals surface area contributed by atoms with E-state index < -0.39 is 11.2 Å². The molecular weight excluding hydrogens is 190 g/mol. The van der Waals surface area contributed by atoms with Gasteiger partial charge in [0.2, 0.25) is 6.79 Å². The Balaban J connectivity index is 2.33. The van der Waals surface area contributed by atoms with Crippen LogP contribution >= 0.6 is 0 Å². The highest BCUT2D eigenvalue weighted by molar-refractivity contribution is 5.44. The summed E-state index contributed by atoms with van der Waals surface area (Å²) in [5.41, 5.74) is 0.180. The smallest absolute Gasteiger partial charge is 0.339 e. The molecule has 0 amide bonds. The standard InChI is InChI=1S/C8H7NO5/c10-8(9(11)12)5-1-2-6-7(3-5)14-4-13-6/h1-3,8,10H,4H2. The topological polar surface area (TPSA) is 81.8 Å². The first-order valence-electron chi connectivity index (χ1n) is 3.89. The second-order valence-corrected chi connectivity index (χ2v) is 2.77. The Morgan fingerprint density at radius 1 is 1.43 bits per heavy atom. The summed E-state index contributed by atoms with van der Waals surface area (Å²) in [6.45, 7) is 0.105. The molecule has 1 unspecified atom stereocenters. The minimum atomic E-state index is -1.72. The van der Waals surface area contributed by atoms with Crippen molar-refractivity contribution < 1.29 is 19.5 Å². The van der Waals surface area contributed by atoms with Crippen molar-refractivity contribution in [2.45, 2.75) is 6.23 Å². The lowest BCUT2D eigenvalue weighted by molar-refractivity contribution is -0.578. The van der Waals surface area contributed by atoms with Crippen LogP contribution in [0.15, 0.2) is 18.2 Å². The quantitative estimate of drug-likeness (QED) is 0.428. The maximum absolute atomic E-state index is 10.3. The van der Waals surface area contributed by atoms with E-state index in [4.69, 9.17) is 14.6 Å². The monoisotopic (exact) mass is 197 g/mol. The molecule has 1 aliphatic heterocycles. The third kappa shape index (κ3) is 1.35. The van der Waals surface area contributed by atoms with Crippen molar-refractivity contribution in [2.75, 3.05) is 6.79 Å². The van der Waals surface area contributed by atoms with E-state index in [9.17, 15) is 10.1 Å².